The molecular formula is C17H26N2O5S. The Morgan fingerprint density at radius 2 is 1.88 bits per heavy atom. The van der Waals surface area contributed by atoms with E-state index in [0.717, 1.165) is 0 Å². The van der Waals surface area contributed by atoms with Crippen LogP contribution in [-0.4, -0.2) is 57.7 Å². The molecule has 7 nitrogen and oxygen atoms in total. The summed E-state index contributed by atoms with van der Waals surface area (Å²) in [5, 5.41) is 2.94. The molecule has 1 N–H and O–H groups in total. The lowest BCUT2D eigenvalue weighted by atomic mass is 9.97. The van der Waals surface area contributed by atoms with Crippen molar-refractivity contribution in [3.63, 3.8) is 0 Å². The lowest BCUT2D eigenvalue weighted by molar-refractivity contribution is -0.126. The fraction of sp³-hybridized carbons (Fsp3) is 0.588. The summed E-state index contributed by atoms with van der Waals surface area (Å²) in [5.41, 5.74) is 0. The Balaban J connectivity index is 1.79. The number of nitrogens with zero attached hydrogens (tertiary/aromatic N) is 1. The molecule has 8 heteroatoms. The van der Waals surface area contributed by atoms with Crippen LogP contribution in [0.5, 0.6) is 11.5 Å². The van der Waals surface area contributed by atoms with Gasteiger partial charge < -0.3 is 14.8 Å². The molecule has 1 aromatic carbocycles. The summed E-state index contributed by atoms with van der Waals surface area (Å²) in [6.45, 7) is 2.99. The molecule has 1 fully saturated rings. The van der Waals surface area contributed by atoms with E-state index < -0.39 is 10.0 Å². The van der Waals surface area contributed by atoms with Gasteiger partial charge in [0.2, 0.25) is 15.9 Å². The smallest absolute Gasteiger partial charge is 0.223 e. The van der Waals surface area contributed by atoms with E-state index in [1.165, 1.54) is 10.6 Å². The lowest BCUT2D eigenvalue weighted by Gasteiger charge is -2.30. The molecule has 0 radical (unpaired) electrons. The van der Waals surface area contributed by atoms with Gasteiger partial charge in [0, 0.05) is 19.0 Å². The molecule has 1 aliphatic rings. The first-order chi connectivity index (χ1) is 11.8. The number of hydrogen-bond acceptors (Lipinski definition) is 5. The minimum absolute atomic E-state index is 0.0516. The minimum Gasteiger partial charge on any atom is -0.493 e. The number of piperidine rings is 1. The molecule has 1 aliphatic heterocycles. The topological polar surface area (TPSA) is 84.9 Å². The van der Waals surface area contributed by atoms with Gasteiger partial charge in [0.15, 0.2) is 11.5 Å². The third-order valence-corrected chi connectivity index (χ3v) is 5.54. The molecule has 0 saturated carbocycles. The lowest BCUT2D eigenvalue weighted by Crippen LogP contribution is -2.45. The van der Waals surface area contributed by atoms with Gasteiger partial charge in [-0.3, -0.25) is 4.79 Å². The number of carbonyl (C=O) groups excluding carboxylic acids is 1. The molecule has 0 aromatic heterocycles. The molecule has 1 amide bonds. The van der Waals surface area contributed by atoms with Crippen molar-refractivity contribution in [2.24, 2.45) is 5.92 Å². The van der Waals surface area contributed by atoms with E-state index >= 15 is 0 Å². The number of methoxy groups -OCH3 is 1. The quantitative estimate of drug-likeness (QED) is 0.781. The first-order valence-electron chi connectivity index (χ1n) is 8.32. The minimum atomic E-state index is -3.17. The molecule has 0 aliphatic carbocycles. The number of nitrogens with one attached hydrogen (secondary N) is 1. The average Bonchev–Trinajstić information content (AvgIpc) is 2.59. The summed E-state index contributed by atoms with van der Waals surface area (Å²) < 4.78 is 35.4. The third kappa shape index (κ3) is 5.61. The van der Waals surface area contributed by atoms with Gasteiger partial charge in [0.25, 0.3) is 0 Å². The third-order valence-electron chi connectivity index (χ3n) is 4.24. The van der Waals surface area contributed by atoms with Crippen molar-refractivity contribution in [1.29, 1.82) is 0 Å². The van der Waals surface area contributed by atoms with Gasteiger partial charge in [-0.1, -0.05) is 12.1 Å². The van der Waals surface area contributed by atoms with E-state index in [0.29, 0.717) is 44.0 Å². The van der Waals surface area contributed by atoms with E-state index in [1.807, 2.05) is 31.2 Å². The first-order valence-corrected chi connectivity index (χ1v) is 10.2. The Morgan fingerprint density at radius 3 is 2.44 bits per heavy atom. The summed E-state index contributed by atoms with van der Waals surface area (Å²) in [6.07, 6.45) is 2.28. The van der Waals surface area contributed by atoms with Crippen molar-refractivity contribution in [1.82, 2.24) is 9.62 Å². The van der Waals surface area contributed by atoms with E-state index in [2.05, 4.69) is 5.32 Å². The highest BCUT2D eigenvalue weighted by molar-refractivity contribution is 7.88. The van der Waals surface area contributed by atoms with Crippen LogP contribution in [0.1, 0.15) is 19.8 Å². The van der Waals surface area contributed by atoms with Crippen LogP contribution < -0.4 is 14.8 Å². The van der Waals surface area contributed by atoms with Crippen molar-refractivity contribution in [2.75, 3.05) is 33.1 Å². The fourth-order valence-corrected chi connectivity index (χ4v) is 3.68. The number of hydrogen-bond donors (Lipinski definition) is 1. The number of amides is 1. The van der Waals surface area contributed by atoms with Crippen LogP contribution in [0.4, 0.5) is 0 Å². The van der Waals surface area contributed by atoms with Crippen molar-refractivity contribution < 1.29 is 22.7 Å². The van der Waals surface area contributed by atoms with E-state index in [4.69, 9.17) is 9.47 Å². The summed E-state index contributed by atoms with van der Waals surface area (Å²) in [6, 6.07) is 7.18. The predicted molar refractivity (Wildman–Crippen MR) is 95.2 cm³/mol. The monoisotopic (exact) mass is 370 g/mol. The van der Waals surface area contributed by atoms with Gasteiger partial charge in [-0.25, -0.2) is 12.7 Å². The van der Waals surface area contributed by atoms with Crippen LogP contribution in [0.2, 0.25) is 0 Å². The molecule has 0 bridgehead atoms. The average molecular weight is 370 g/mol. The number of rotatable bonds is 7. The van der Waals surface area contributed by atoms with Gasteiger partial charge >= 0.3 is 0 Å². The Bertz CT molecular complexity index is 684. The van der Waals surface area contributed by atoms with Crippen LogP contribution in [0.15, 0.2) is 24.3 Å². The molecule has 25 heavy (non-hydrogen) atoms. The van der Waals surface area contributed by atoms with Crippen molar-refractivity contribution in [2.45, 2.75) is 25.8 Å². The molecule has 2 rings (SSSR count). The summed E-state index contributed by atoms with van der Waals surface area (Å²) in [7, 11) is -1.59. The van der Waals surface area contributed by atoms with Crippen molar-refractivity contribution >= 4 is 15.9 Å². The van der Waals surface area contributed by atoms with E-state index in [1.54, 1.807) is 7.11 Å². The number of benzene rings is 1. The molecule has 0 unspecified atom stereocenters. The summed E-state index contributed by atoms with van der Waals surface area (Å²) in [5.74, 6) is 1.07. The van der Waals surface area contributed by atoms with Crippen LogP contribution in [0.25, 0.3) is 0 Å². The zero-order valence-electron chi connectivity index (χ0n) is 14.9. The Morgan fingerprint density at radius 1 is 1.28 bits per heavy atom. The molecule has 1 aromatic rings. The summed E-state index contributed by atoms with van der Waals surface area (Å²) in [4.78, 5) is 12.3. The maximum absolute atomic E-state index is 12.3. The second kappa shape index (κ2) is 8.53. The molecular weight excluding hydrogens is 344 g/mol. The zero-order valence-corrected chi connectivity index (χ0v) is 15.7. The highest BCUT2D eigenvalue weighted by Crippen LogP contribution is 2.26. The molecule has 0 spiro atoms. The van der Waals surface area contributed by atoms with Crippen LogP contribution >= 0.6 is 0 Å². The molecule has 1 heterocycles. The highest BCUT2D eigenvalue weighted by Gasteiger charge is 2.29. The Hall–Kier alpha value is -1.80. The van der Waals surface area contributed by atoms with Crippen LogP contribution in [-0.2, 0) is 14.8 Å². The molecule has 140 valence electrons. The molecule has 1 saturated heterocycles. The molecule has 1 atom stereocenters. The maximum atomic E-state index is 12.3. The first kappa shape index (κ1) is 19.5. The SMILES string of the molecule is COc1ccccc1OC[C@H](C)NC(=O)C1CCN(S(C)(=O)=O)CC1. The van der Waals surface area contributed by atoms with E-state index in [-0.39, 0.29) is 17.9 Å². The summed E-state index contributed by atoms with van der Waals surface area (Å²) >= 11 is 0. The number of sulfonamides is 1. The normalized spacial score (nSPS) is 17.7. The van der Waals surface area contributed by atoms with Gasteiger partial charge in [0.1, 0.15) is 6.61 Å². The highest BCUT2D eigenvalue weighted by atomic mass is 32.2. The number of para-hydroxylation sites is 2. The second-order valence-electron chi connectivity index (χ2n) is 6.31. The van der Waals surface area contributed by atoms with Gasteiger partial charge in [-0.15, -0.1) is 0 Å². The van der Waals surface area contributed by atoms with Crippen molar-refractivity contribution in [3.05, 3.63) is 24.3 Å². The van der Waals surface area contributed by atoms with Crippen LogP contribution in [0, 0.1) is 5.92 Å². The van der Waals surface area contributed by atoms with E-state index in [9.17, 15) is 13.2 Å². The van der Waals surface area contributed by atoms with Crippen LogP contribution in [0.3, 0.4) is 0 Å². The second-order valence-corrected chi connectivity index (χ2v) is 8.29. The maximum Gasteiger partial charge on any atom is 0.223 e. The van der Waals surface area contributed by atoms with Gasteiger partial charge in [0.05, 0.1) is 19.4 Å². The number of ether oxygens (including phenoxy) is 2. The van der Waals surface area contributed by atoms with Gasteiger partial charge in [-0.2, -0.15) is 0 Å². The number of carbonyl (C=O) groups is 1. The standard InChI is InChI=1S/C17H26N2O5S/c1-13(12-24-16-7-5-4-6-15(16)23-2)18-17(20)14-8-10-19(11-9-14)25(3,21)22/h4-7,13-14H,8-12H2,1-3H3,(H,18,20)/t13-/m0/s1. The fourth-order valence-electron chi connectivity index (χ4n) is 2.80. The zero-order chi connectivity index (χ0) is 18.4. The van der Waals surface area contributed by atoms with Crippen molar-refractivity contribution in [3.8, 4) is 11.5 Å². The Kier molecular flexibility index (Phi) is 6.66. The predicted octanol–water partition coefficient (Wildman–Crippen LogP) is 1.25. The largest absolute Gasteiger partial charge is 0.493 e. The Labute approximate surface area is 149 Å². The van der Waals surface area contributed by atoms with Gasteiger partial charge in [-0.05, 0) is 31.9 Å².